The Balaban J connectivity index is 2.42. The van der Waals surface area contributed by atoms with Gasteiger partial charge in [-0.1, -0.05) is 44.9 Å². The fourth-order valence-corrected chi connectivity index (χ4v) is 2.34. The number of hydrogen-bond donors (Lipinski definition) is 1. The fraction of sp³-hybridized carbons (Fsp3) is 0.647. The number of unbranched alkanes of at least 4 members (excludes halogenated alkanes) is 1. The zero-order valence-electron chi connectivity index (χ0n) is 12.9. The third-order valence-corrected chi connectivity index (χ3v) is 3.50. The Hall–Kier alpha value is -1.02. The number of benzene rings is 1. The van der Waals surface area contributed by atoms with Crippen LogP contribution in [0.15, 0.2) is 30.3 Å². The Labute approximate surface area is 119 Å². The van der Waals surface area contributed by atoms with Gasteiger partial charge in [0.15, 0.2) is 0 Å². The summed E-state index contributed by atoms with van der Waals surface area (Å²) in [7, 11) is 0. The molecule has 0 radical (unpaired) electrons. The summed E-state index contributed by atoms with van der Waals surface area (Å²) in [5.41, 5.74) is 1.35. The number of nitrogens with zero attached hydrogens (tertiary/aromatic N) is 1. The maximum atomic E-state index is 3.62. The Kier molecular flexibility index (Phi) is 8.31. The van der Waals surface area contributed by atoms with Crippen LogP contribution in [0.4, 0.5) is 5.69 Å². The van der Waals surface area contributed by atoms with Crippen LogP contribution in [0.5, 0.6) is 0 Å². The molecule has 1 rings (SSSR count). The van der Waals surface area contributed by atoms with Crippen molar-refractivity contribution in [3.8, 4) is 0 Å². The molecule has 0 aliphatic rings. The first-order chi connectivity index (χ1) is 9.27. The minimum atomic E-state index is 0.633. The van der Waals surface area contributed by atoms with Crippen molar-refractivity contribution in [3.05, 3.63) is 30.3 Å². The fourth-order valence-electron chi connectivity index (χ4n) is 2.34. The quantitative estimate of drug-likeness (QED) is 0.684. The van der Waals surface area contributed by atoms with Crippen LogP contribution in [0.25, 0.3) is 0 Å². The summed E-state index contributed by atoms with van der Waals surface area (Å²) in [6.45, 7) is 10.1. The van der Waals surface area contributed by atoms with Crippen molar-refractivity contribution in [1.29, 1.82) is 0 Å². The van der Waals surface area contributed by atoms with Crippen LogP contribution >= 0.6 is 0 Å². The summed E-state index contributed by atoms with van der Waals surface area (Å²) in [5, 5.41) is 3.62. The second-order valence-electron chi connectivity index (χ2n) is 5.32. The summed E-state index contributed by atoms with van der Waals surface area (Å²) >= 11 is 0. The minimum absolute atomic E-state index is 0.633. The molecular weight excluding hydrogens is 232 g/mol. The van der Waals surface area contributed by atoms with E-state index in [4.69, 9.17) is 0 Å². The first kappa shape index (κ1) is 16.0. The number of nitrogens with one attached hydrogen (secondary N) is 1. The summed E-state index contributed by atoms with van der Waals surface area (Å²) in [6.07, 6.45) is 5.04. The van der Waals surface area contributed by atoms with E-state index in [0.29, 0.717) is 6.04 Å². The van der Waals surface area contributed by atoms with Crippen molar-refractivity contribution in [1.82, 2.24) is 5.32 Å². The molecule has 0 heterocycles. The van der Waals surface area contributed by atoms with Crippen LogP contribution < -0.4 is 10.2 Å². The van der Waals surface area contributed by atoms with Gasteiger partial charge >= 0.3 is 0 Å². The van der Waals surface area contributed by atoms with Crippen molar-refractivity contribution in [2.75, 3.05) is 24.5 Å². The average Bonchev–Trinajstić information content (AvgIpc) is 2.44. The highest BCUT2D eigenvalue weighted by atomic mass is 15.1. The lowest BCUT2D eigenvalue weighted by molar-refractivity contribution is 0.508. The van der Waals surface area contributed by atoms with E-state index in [2.05, 4.69) is 61.3 Å². The van der Waals surface area contributed by atoms with Crippen LogP contribution in [-0.4, -0.2) is 25.7 Å². The zero-order chi connectivity index (χ0) is 13.9. The molecule has 19 heavy (non-hydrogen) atoms. The molecule has 0 bridgehead atoms. The monoisotopic (exact) mass is 262 g/mol. The second kappa shape index (κ2) is 9.85. The minimum Gasteiger partial charge on any atom is -0.370 e. The number of anilines is 1. The lowest BCUT2D eigenvalue weighted by atomic mass is 10.2. The van der Waals surface area contributed by atoms with E-state index >= 15 is 0 Å². The SMILES string of the molecule is CCCCN(CCNC(C)CCC)c1ccccc1. The molecule has 0 aliphatic carbocycles. The highest BCUT2D eigenvalue weighted by Crippen LogP contribution is 2.13. The molecule has 1 atom stereocenters. The molecule has 1 aromatic carbocycles. The maximum Gasteiger partial charge on any atom is 0.0366 e. The Morgan fingerprint density at radius 3 is 2.42 bits per heavy atom. The van der Waals surface area contributed by atoms with E-state index in [-0.39, 0.29) is 0 Å². The van der Waals surface area contributed by atoms with E-state index in [9.17, 15) is 0 Å². The summed E-state index contributed by atoms with van der Waals surface area (Å²) < 4.78 is 0. The molecule has 0 spiro atoms. The first-order valence-electron chi connectivity index (χ1n) is 7.81. The zero-order valence-corrected chi connectivity index (χ0v) is 12.9. The third-order valence-electron chi connectivity index (χ3n) is 3.50. The van der Waals surface area contributed by atoms with Crippen molar-refractivity contribution in [3.63, 3.8) is 0 Å². The van der Waals surface area contributed by atoms with Crippen molar-refractivity contribution in [2.24, 2.45) is 0 Å². The Morgan fingerprint density at radius 1 is 1.05 bits per heavy atom. The molecule has 0 fully saturated rings. The maximum absolute atomic E-state index is 3.62. The van der Waals surface area contributed by atoms with Gasteiger partial charge in [0.2, 0.25) is 0 Å². The van der Waals surface area contributed by atoms with Crippen LogP contribution in [0, 0.1) is 0 Å². The molecule has 2 heteroatoms. The van der Waals surface area contributed by atoms with Crippen molar-refractivity contribution < 1.29 is 0 Å². The molecular formula is C17H30N2. The van der Waals surface area contributed by atoms with Crippen molar-refractivity contribution >= 4 is 5.69 Å². The van der Waals surface area contributed by atoms with Gasteiger partial charge in [0.05, 0.1) is 0 Å². The molecule has 1 unspecified atom stereocenters. The molecule has 0 aliphatic heterocycles. The Bertz CT molecular complexity index is 310. The van der Waals surface area contributed by atoms with E-state index in [1.807, 2.05) is 0 Å². The summed E-state index contributed by atoms with van der Waals surface area (Å²) in [5.74, 6) is 0. The van der Waals surface area contributed by atoms with E-state index < -0.39 is 0 Å². The molecule has 0 saturated heterocycles. The largest absolute Gasteiger partial charge is 0.370 e. The van der Waals surface area contributed by atoms with Crippen LogP contribution in [0.1, 0.15) is 46.5 Å². The van der Waals surface area contributed by atoms with Crippen LogP contribution in [0.2, 0.25) is 0 Å². The predicted octanol–water partition coefficient (Wildman–Crippen LogP) is 4.07. The van der Waals surface area contributed by atoms with Gasteiger partial charge in [-0.2, -0.15) is 0 Å². The van der Waals surface area contributed by atoms with E-state index in [1.54, 1.807) is 0 Å². The standard InChI is InChI=1S/C17H30N2/c1-4-6-14-19(17-11-8-7-9-12-17)15-13-18-16(3)10-5-2/h7-9,11-12,16,18H,4-6,10,13-15H2,1-3H3. The number of hydrogen-bond acceptors (Lipinski definition) is 2. The van der Waals surface area contributed by atoms with Gasteiger partial charge in [-0.15, -0.1) is 0 Å². The van der Waals surface area contributed by atoms with Crippen LogP contribution in [0.3, 0.4) is 0 Å². The first-order valence-corrected chi connectivity index (χ1v) is 7.81. The lowest BCUT2D eigenvalue weighted by Gasteiger charge is -2.26. The smallest absolute Gasteiger partial charge is 0.0366 e. The highest BCUT2D eigenvalue weighted by Gasteiger charge is 2.06. The van der Waals surface area contributed by atoms with Gasteiger partial charge in [-0.3, -0.25) is 0 Å². The second-order valence-corrected chi connectivity index (χ2v) is 5.32. The Morgan fingerprint density at radius 2 is 1.79 bits per heavy atom. The highest BCUT2D eigenvalue weighted by molar-refractivity contribution is 5.45. The van der Waals surface area contributed by atoms with Gasteiger partial charge in [-0.05, 0) is 31.9 Å². The van der Waals surface area contributed by atoms with E-state index in [1.165, 1.54) is 31.4 Å². The predicted molar refractivity (Wildman–Crippen MR) is 85.9 cm³/mol. The molecule has 0 amide bonds. The molecule has 1 aromatic rings. The van der Waals surface area contributed by atoms with Gasteiger partial charge in [0.25, 0.3) is 0 Å². The summed E-state index contributed by atoms with van der Waals surface area (Å²) in [6, 6.07) is 11.4. The van der Waals surface area contributed by atoms with Crippen LogP contribution in [-0.2, 0) is 0 Å². The van der Waals surface area contributed by atoms with Gasteiger partial charge < -0.3 is 10.2 Å². The van der Waals surface area contributed by atoms with E-state index in [0.717, 1.165) is 19.6 Å². The third kappa shape index (κ3) is 6.63. The molecule has 0 saturated carbocycles. The molecule has 1 N–H and O–H groups in total. The number of para-hydroxylation sites is 1. The van der Waals surface area contributed by atoms with Gasteiger partial charge in [-0.25, -0.2) is 0 Å². The summed E-state index contributed by atoms with van der Waals surface area (Å²) in [4.78, 5) is 2.50. The normalized spacial score (nSPS) is 12.4. The van der Waals surface area contributed by atoms with Gasteiger partial charge in [0.1, 0.15) is 0 Å². The molecule has 108 valence electrons. The number of rotatable bonds is 10. The molecule has 2 nitrogen and oxygen atoms in total. The van der Waals surface area contributed by atoms with Gasteiger partial charge in [0, 0.05) is 31.4 Å². The lowest BCUT2D eigenvalue weighted by Crippen LogP contribution is -2.36. The average molecular weight is 262 g/mol. The molecule has 0 aromatic heterocycles. The topological polar surface area (TPSA) is 15.3 Å². The van der Waals surface area contributed by atoms with Crippen molar-refractivity contribution in [2.45, 2.75) is 52.5 Å².